The number of benzene rings is 2. The molecule has 0 aliphatic carbocycles. The van der Waals surface area contributed by atoms with E-state index in [2.05, 4.69) is 4.72 Å². The van der Waals surface area contributed by atoms with E-state index in [-0.39, 0.29) is 15.5 Å². The van der Waals surface area contributed by atoms with Gasteiger partial charge in [-0.3, -0.25) is 4.72 Å². The van der Waals surface area contributed by atoms with Crippen LogP contribution >= 0.6 is 22.9 Å². The Bertz CT molecular complexity index is 1070. The molecule has 0 amide bonds. The molecule has 0 unspecified atom stereocenters. The Labute approximate surface area is 166 Å². The van der Waals surface area contributed by atoms with Crippen LogP contribution in [-0.4, -0.2) is 21.5 Å². The zero-order valence-corrected chi connectivity index (χ0v) is 16.9. The normalized spacial score (nSPS) is 11.2. The Morgan fingerprint density at radius 1 is 1.07 bits per heavy atom. The van der Waals surface area contributed by atoms with Gasteiger partial charge in [0.05, 0.1) is 12.0 Å². The van der Waals surface area contributed by atoms with Gasteiger partial charge in [-0.05, 0) is 36.8 Å². The third kappa shape index (κ3) is 4.00. The molecule has 0 aliphatic heterocycles. The maximum Gasteiger partial charge on any atom is 0.341 e. The van der Waals surface area contributed by atoms with Crippen molar-refractivity contribution in [3.63, 3.8) is 0 Å². The lowest BCUT2D eigenvalue weighted by molar-refractivity contribution is 0.0603. The second-order valence-corrected chi connectivity index (χ2v) is 9.00. The highest BCUT2D eigenvalue weighted by atomic mass is 35.5. The summed E-state index contributed by atoms with van der Waals surface area (Å²) in [7, 11) is -2.62. The Hall–Kier alpha value is -2.35. The number of hydrogen-bond donors (Lipinski definition) is 1. The highest BCUT2D eigenvalue weighted by Crippen LogP contribution is 2.41. The first-order chi connectivity index (χ1) is 12.8. The SMILES string of the molecule is COC(=O)c1c(NS(=O)(=O)c2ccc(Cl)cc2)sc(C)c1-c1ccccc1. The molecular formula is C19H16ClNO4S2. The molecule has 3 rings (SSSR count). The fourth-order valence-corrected chi connectivity index (χ4v) is 5.16. The van der Waals surface area contributed by atoms with Crippen molar-refractivity contribution in [3.8, 4) is 11.1 Å². The molecule has 5 nitrogen and oxygen atoms in total. The maximum absolute atomic E-state index is 12.7. The summed E-state index contributed by atoms with van der Waals surface area (Å²) in [4.78, 5) is 13.3. The van der Waals surface area contributed by atoms with Crippen molar-refractivity contribution in [1.29, 1.82) is 0 Å². The predicted molar refractivity (Wildman–Crippen MR) is 108 cm³/mol. The Morgan fingerprint density at radius 3 is 2.30 bits per heavy atom. The molecule has 2 aromatic carbocycles. The molecule has 27 heavy (non-hydrogen) atoms. The van der Waals surface area contributed by atoms with Crippen LogP contribution in [0.1, 0.15) is 15.2 Å². The van der Waals surface area contributed by atoms with Gasteiger partial charge >= 0.3 is 5.97 Å². The molecule has 1 heterocycles. The van der Waals surface area contributed by atoms with Crippen LogP contribution in [0.4, 0.5) is 5.00 Å². The highest BCUT2D eigenvalue weighted by molar-refractivity contribution is 7.93. The molecular weight excluding hydrogens is 406 g/mol. The van der Waals surface area contributed by atoms with Gasteiger partial charge in [0.2, 0.25) is 0 Å². The number of anilines is 1. The maximum atomic E-state index is 12.7. The van der Waals surface area contributed by atoms with E-state index in [1.165, 1.54) is 42.7 Å². The zero-order chi connectivity index (χ0) is 19.6. The zero-order valence-electron chi connectivity index (χ0n) is 14.5. The molecule has 0 fully saturated rings. The number of carbonyl (C=O) groups is 1. The standard InChI is InChI=1S/C19H16ClNO4S2/c1-12-16(13-6-4-3-5-7-13)17(19(22)25-2)18(26-12)21-27(23,24)15-10-8-14(20)9-11-15/h3-11,21H,1-2H3. The highest BCUT2D eigenvalue weighted by Gasteiger charge is 2.27. The van der Waals surface area contributed by atoms with Crippen LogP contribution in [0.15, 0.2) is 59.5 Å². The van der Waals surface area contributed by atoms with Crippen molar-refractivity contribution in [2.75, 3.05) is 11.8 Å². The second-order valence-electron chi connectivity index (χ2n) is 5.65. The van der Waals surface area contributed by atoms with E-state index in [0.717, 1.165) is 10.4 Å². The fourth-order valence-electron chi connectivity index (χ4n) is 2.66. The second kappa shape index (κ2) is 7.72. The summed E-state index contributed by atoms with van der Waals surface area (Å²) >= 11 is 7.01. The molecule has 0 saturated heterocycles. The summed E-state index contributed by atoms with van der Waals surface area (Å²) < 4.78 is 32.9. The molecule has 0 bridgehead atoms. The molecule has 8 heteroatoms. The van der Waals surface area contributed by atoms with Crippen LogP contribution in [0.5, 0.6) is 0 Å². The van der Waals surface area contributed by atoms with Crippen LogP contribution in [-0.2, 0) is 14.8 Å². The Balaban J connectivity index is 2.11. The average molecular weight is 422 g/mol. The monoisotopic (exact) mass is 421 g/mol. The third-order valence-electron chi connectivity index (χ3n) is 3.89. The first kappa shape index (κ1) is 19.4. The van der Waals surface area contributed by atoms with Crippen LogP contribution in [0.2, 0.25) is 5.02 Å². The molecule has 140 valence electrons. The number of ether oxygens (including phenoxy) is 1. The molecule has 0 radical (unpaired) electrons. The van der Waals surface area contributed by atoms with Gasteiger partial charge in [-0.1, -0.05) is 41.9 Å². The van der Waals surface area contributed by atoms with Crippen LogP contribution < -0.4 is 4.72 Å². The van der Waals surface area contributed by atoms with Crippen molar-refractivity contribution in [1.82, 2.24) is 0 Å². The van der Waals surface area contributed by atoms with Gasteiger partial charge in [-0.15, -0.1) is 11.3 Å². The van der Waals surface area contributed by atoms with Gasteiger partial charge < -0.3 is 4.74 Å². The number of aryl methyl sites for hydroxylation is 1. The first-order valence-electron chi connectivity index (χ1n) is 7.89. The van der Waals surface area contributed by atoms with Gasteiger partial charge in [0.15, 0.2) is 0 Å². The Morgan fingerprint density at radius 2 is 1.70 bits per heavy atom. The number of halogens is 1. The summed E-state index contributed by atoms with van der Waals surface area (Å²) in [6.07, 6.45) is 0. The molecule has 0 spiro atoms. The summed E-state index contributed by atoms with van der Waals surface area (Å²) in [5.41, 5.74) is 1.66. The van der Waals surface area contributed by atoms with Crippen LogP contribution in [0.3, 0.4) is 0 Å². The number of rotatable bonds is 5. The molecule has 0 atom stereocenters. The van der Waals surface area contributed by atoms with Gasteiger partial charge in [0, 0.05) is 15.5 Å². The van der Waals surface area contributed by atoms with Crippen molar-refractivity contribution < 1.29 is 17.9 Å². The lowest BCUT2D eigenvalue weighted by Crippen LogP contribution is -2.15. The number of sulfonamides is 1. The van der Waals surface area contributed by atoms with E-state index in [1.807, 2.05) is 37.3 Å². The van der Waals surface area contributed by atoms with Crippen molar-refractivity contribution in [2.45, 2.75) is 11.8 Å². The molecule has 1 aromatic heterocycles. The van der Waals surface area contributed by atoms with Crippen LogP contribution in [0, 0.1) is 6.92 Å². The van der Waals surface area contributed by atoms with E-state index >= 15 is 0 Å². The number of nitrogens with one attached hydrogen (secondary N) is 1. The Kier molecular flexibility index (Phi) is 5.55. The lowest BCUT2D eigenvalue weighted by Gasteiger charge is -2.10. The minimum absolute atomic E-state index is 0.0510. The van der Waals surface area contributed by atoms with E-state index in [1.54, 1.807) is 0 Å². The fraction of sp³-hybridized carbons (Fsp3) is 0.105. The smallest absolute Gasteiger partial charge is 0.341 e. The molecule has 0 saturated carbocycles. The van der Waals surface area contributed by atoms with E-state index in [4.69, 9.17) is 16.3 Å². The van der Waals surface area contributed by atoms with Gasteiger partial charge in [-0.2, -0.15) is 0 Å². The predicted octanol–water partition coefficient (Wildman–Crippen LogP) is 4.96. The number of carbonyl (C=O) groups excluding carboxylic acids is 1. The summed E-state index contributed by atoms with van der Waals surface area (Å²) in [5.74, 6) is -0.605. The van der Waals surface area contributed by atoms with E-state index < -0.39 is 16.0 Å². The molecule has 0 aliphatic rings. The van der Waals surface area contributed by atoms with Gasteiger partial charge in [0.1, 0.15) is 10.6 Å². The summed E-state index contributed by atoms with van der Waals surface area (Å²) in [6, 6.07) is 15.1. The van der Waals surface area contributed by atoms with Gasteiger partial charge in [-0.25, -0.2) is 13.2 Å². The van der Waals surface area contributed by atoms with Crippen LogP contribution in [0.25, 0.3) is 11.1 Å². The number of hydrogen-bond acceptors (Lipinski definition) is 5. The average Bonchev–Trinajstić information content (AvgIpc) is 2.97. The first-order valence-corrected chi connectivity index (χ1v) is 10.6. The quantitative estimate of drug-likeness (QED) is 0.590. The number of esters is 1. The lowest BCUT2D eigenvalue weighted by atomic mass is 10.0. The van der Waals surface area contributed by atoms with Crippen molar-refractivity contribution in [3.05, 3.63) is 70.1 Å². The topological polar surface area (TPSA) is 72.5 Å². The van der Waals surface area contributed by atoms with Crippen molar-refractivity contribution in [2.24, 2.45) is 0 Å². The largest absolute Gasteiger partial charge is 0.465 e. The molecule has 1 N–H and O–H groups in total. The van der Waals surface area contributed by atoms with E-state index in [0.29, 0.717) is 10.6 Å². The van der Waals surface area contributed by atoms with Crippen molar-refractivity contribution >= 4 is 43.9 Å². The molecule has 3 aromatic rings. The van der Waals surface area contributed by atoms with E-state index in [9.17, 15) is 13.2 Å². The minimum Gasteiger partial charge on any atom is -0.465 e. The third-order valence-corrected chi connectivity index (χ3v) is 6.65. The minimum atomic E-state index is -3.89. The summed E-state index contributed by atoms with van der Waals surface area (Å²) in [6.45, 7) is 1.83. The summed E-state index contributed by atoms with van der Waals surface area (Å²) in [5, 5.41) is 0.649. The number of methoxy groups -OCH3 is 1. The van der Waals surface area contributed by atoms with Gasteiger partial charge in [0.25, 0.3) is 10.0 Å². The number of thiophene rings is 1.